The third-order valence-corrected chi connectivity index (χ3v) is 3.83. The molecule has 0 heterocycles. The van der Waals surface area contributed by atoms with E-state index < -0.39 is 0 Å². The quantitative estimate of drug-likeness (QED) is 0.680. The molecule has 0 aromatic heterocycles. The Morgan fingerprint density at radius 2 is 2.00 bits per heavy atom. The molecule has 106 valence electrons. The van der Waals surface area contributed by atoms with Gasteiger partial charge in [-0.15, -0.1) is 0 Å². The second kappa shape index (κ2) is 6.10. The third kappa shape index (κ3) is 3.50. The maximum Gasteiger partial charge on any atom is 0.243 e. The zero-order valence-corrected chi connectivity index (χ0v) is 12.1. The molecule has 0 radical (unpaired) electrons. The number of benzene rings is 2. The van der Waals surface area contributed by atoms with E-state index in [1.165, 1.54) is 5.56 Å². The molecule has 1 saturated carbocycles. The lowest BCUT2D eigenvalue weighted by molar-refractivity contribution is -0.122. The first-order valence-electron chi connectivity index (χ1n) is 6.87. The van der Waals surface area contributed by atoms with Crippen molar-refractivity contribution in [3.8, 4) is 0 Å². The van der Waals surface area contributed by atoms with Crippen molar-refractivity contribution in [2.45, 2.75) is 12.3 Å². The lowest BCUT2D eigenvalue weighted by atomic mass is 10.1. The van der Waals surface area contributed by atoms with E-state index in [4.69, 9.17) is 11.6 Å². The first-order valence-corrected chi connectivity index (χ1v) is 7.25. The molecule has 4 heteroatoms. The van der Waals surface area contributed by atoms with E-state index in [2.05, 4.69) is 22.7 Å². The minimum Gasteiger partial charge on any atom is -0.273 e. The lowest BCUT2D eigenvalue weighted by Crippen LogP contribution is -2.20. The highest BCUT2D eigenvalue weighted by atomic mass is 35.5. The van der Waals surface area contributed by atoms with E-state index in [9.17, 15) is 4.79 Å². The fraction of sp³-hybridized carbons (Fsp3) is 0.176. The van der Waals surface area contributed by atoms with Gasteiger partial charge in [-0.2, -0.15) is 5.10 Å². The number of carbonyl (C=O) groups is 1. The molecule has 21 heavy (non-hydrogen) atoms. The summed E-state index contributed by atoms with van der Waals surface area (Å²) in [6, 6.07) is 17.4. The molecule has 0 saturated heterocycles. The van der Waals surface area contributed by atoms with Gasteiger partial charge in [0.25, 0.3) is 0 Å². The van der Waals surface area contributed by atoms with Crippen molar-refractivity contribution in [1.29, 1.82) is 0 Å². The Hall–Kier alpha value is -2.13. The number of hydrazone groups is 1. The summed E-state index contributed by atoms with van der Waals surface area (Å²) in [4.78, 5) is 12.0. The molecule has 3 rings (SSSR count). The normalized spacial score (nSPS) is 20.4. The topological polar surface area (TPSA) is 41.5 Å². The van der Waals surface area contributed by atoms with E-state index in [-0.39, 0.29) is 11.8 Å². The number of nitrogens with one attached hydrogen (secondary N) is 1. The molecule has 0 unspecified atom stereocenters. The smallest absolute Gasteiger partial charge is 0.243 e. The van der Waals surface area contributed by atoms with Crippen molar-refractivity contribution in [3.05, 3.63) is 70.7 Å². The van der Waals surface area contributed by atoms with Crippen molar-refractivity contribution in [2.24, 2.45) is 11.0 Å². The Morgan fingerprint density at radius 1 is 1.19 bits per heavy atom. The summed E-state index contributed by atoms with van der Waals surface area (Å²) >= 11 is 5.88. The van der Waals surface area contributed by atoms with Crippen LogP contribution in [0.4, 0.5) is 0 Å². The van der Waals surface area contributed by atoms with E-state index in [0.717, 1.165) is 12.0 Å². The molecule has 1 aliphatic rings. The summed E-state index contributed by atoms with van der Waals surface area (Å²) in [6.45, 7) is 0. The zero-order chi connectivity index (χ0) is 14.7. The van der Waals surface area contributed by atoms with Crippen LogP contribution in [0.2, 0.25) is 5.02 Å². The predicted octanol–water partition coefficient (Wildman–Crippen LogP) is 3.59. The SMILES string of the molecule is O=C(N/N=C/c1cccc(Cl)c1)[C@@H]1C[C@H]1c1ccccc1. The number of hydrogen-bond acceptors (Lipinski definition) is 2. The van der Waals surface area contributed by atoms with Crippen LogP contribution in [0.3, 0.4) is 0 Å². The molecule has 2 atom stereocenters. The van der Waals surface area contributed by atoms with Crippen molar-refractivity contribution in [2.75, 3.05) is 0 Å². The van der Waals surface area contributed by atoms with Gasteiger partial charge in [-0.05, 0) is 35.6 Å². The maximum atomic E-state index is 12.0. The molecular formula is C17H15ClN2O. The molecule has 2 aromatic rings. The van der Waals surface area contributed by atoms with Crippen LogP contribution in [0.1, 0.15) is 23.5 Å². The van der Waals surface area contributed by atoms with Gasteiger partial charge in [0.2, 0.25) is 5.91 Å². The highest BCUT2D eigenvalue weighted by Crippen LogP contribution is 2.47. The molecule has 0 spiro atoms. The van der Waals surface area contributed by atoms with Gasteiger partial charge in [0.05, 0.1) is 6.21 Å². The van der Waals surface area contributed by atoms with Crippen molar-refractivity contribution in [1.82, 2.24) is 5.43 Å². The Bertz CT molecular complexity index is 670. The maximum absolute atomic E-state index is 12.0. The highest BCUT2D eigenvalue weighted by Gasteiger charge is 2.43. The second-order valence-corrected chi connectivity index (χ2v) is 5.59. The summed E-state index contributed by atoms with van der Waals surface area (Å²) in [6.07, 6.45) is 2.49. The second-order valence-electron chi connectivity index (χ2n) is 5.15. The van der Waals surface area contributed by atoms with Crippen LogP contribution in [0.15, 0.2) is 59.7 Å². The van der Waals surface area contributed by atoms with Gasteiger partial charge >= 0.3 is 0 Å². The largest absolute Gasteiger partial charge is 0.273 e. The molecule has 1 N–H and O–H groups in total. The fourth-order valence-corrected chi connectivity index (χ4v) is 2.59. The molecule has 0 aliphatic heterocycles. The van der Waals surface area contributed by atoms with Crippen molar-refractivity contribution >= 4 is 23.7 Å². The average molecular weight is 299 g/mol. The van der Waals surface area contributed by atoms with Gasteiger partial charge in [-0.25, -0.2) is 5.43 Å². The first-order chi connectivity index (χ1) is 10.2. The standard InChI is InChI=1S/C17H15ClN2O/c18-14-8-4-5-12(9-14)11-19-20-17(21)16-10-15(16)13-6-2-1-3-7-13/h1-9,11,15-16H,10H2,(H,20,21)/b19-11+/t15-,16+/m0/s1. The van der Waals surface area contributed by atoms with Crippen molar-refractivity contribution < 1.29 is 4.79 Å². The van der Waals surface area contributed by atoms with Gasteiger partial charge in [0, 0.05) is 10.9 Å². The predicted molar refractivity (Wildman–Crippen MR) is 84.5 cm³/mol. The van der Waals surface area contributed by atoms with Gasteiger partial charge in [-0.3, -0.25) is 4.79 Å². The van der Waals surface area contributed by atoms with E-state index >= 15 is 0 Å². The monoisotopic (exact) mass is 298 g/mol. The van der Waals surface area contributed by atoms with Crippen LogP contribution in [-0.4, -0.2) is 12.1 Å². The number of rotatable bonds is 4. The van der Waals surface area contributed by atoms with Crippen LogP contribution >= 0.6 is 11.6 Å². The summed E-state index contributed by atoms with van der Waals surface area (Å²) in [5.41, 5.74) is 4.68. The van der Waals surface area contributed by atoms with E-state index in [0.29, 0.717) is 10.9 Å². The molecule has 3 nitrogen and oxygen atoms in total. The summed E-state index contributed by atoms with van der Waals surface area (Å²) in [7, 11) is 0. The van der Waals surface area contributed by atoms with Crippen LogP contribution in [0.5, 0.6) is 0 Å². The van der Waals surface area contributed by atoms with E-state index in [1.807, 2.05) is 30.3 Å². The highest BCUT2D eigenvalue weighted by molar-refractivity contribution is 6.30. The van der Waals surface area contributed by atoms with Crippen LogP contribution in [0, 0.1) is 5.92 Å². The fourth-order valence-electron chi connectivity index (χ4n) is 2.39. The van der Waals surface area contributed by atoms with E-state index in [1.54, 1.807) is 18.3 Å². The summed E-state index contributed by atoms with van der Waals surface area (Å²) < 4.78 is 0. The zero-order valence-electron chi connectivity index (χ0n) is 11.4. The number of nitrogens with zero attached hydrogens (tertiary/aromatic N) is 1. The first kappa shape index (κ1) is 13.8. The number of halogens is 1. The molecule has 1 aliphatic carbocycles. The number of carbonyl (C=O) groups excluding carboxylic acids is 1. The average Bonchev–Trinajstić information content (AvgIpc) is 3.29. The number of amides is 1. The van der Waals surface area contributed by atoms with Gasteiger partial charge in [0.15, 0.2) is 0 Å². The lowest BCUT2D eigenvalue weighted by Gasteiger charge is -2.00. The molecule has 1 fully saturated rings. The molecular weight excluding hydrogens is 284 g/mol. The van der Waals surface area contributed by atoms with Crippen LogP contribution in [0.25, 0.3) is 0 Å². The van der Waals surface area contributed by atoms with Gasteiger partial charge in [0.1, 0.15) is 0 Å². The minimum absolute atomic E-state index is 0.0258. The van der Waals surface area contributed by atoms with Gasteiger partial charge < -0.3 is 0 Å². The Kier molecular flexibility index (Phi) is 4.02. The summed E-state index contributed by atoms with van der Waals surface area (Å²) in [5, 5.41) is 4.64. The molecule has 2 aromatic carbocycles. The minimum atomic E-state index is -0.0258. The van der Waals surface area contributed by atoms with Crippen LogP contribution in [-0.2, 0) is 4.79 Å². The van der Waals surface area contributed by atoms with Crippen LogP contribution < -0.4 is 5.43 Å². The molecule has 1 amide bonds. The Labute approximate surface area is 128 Å². The summed E-state index contributed by atoms with van der Waals surface area (Å²) in [5.74, 6) is 0.332. The number of hydrogen-bond donors (Lipinski definition) is 1. The van der Waals surface area contributed by atoms with Gasteiger partial charge in [-0.1, -0.05) is 54.1 Å². The Morgan fingerprint density at radius 3 is 2.76 bits per heavy atom. The molecule has 0 bridgehead atoms. The third-order valence-electron chi connectivity index (χ3n) is 3.59. The Balaban J connectivity index is 1.54. The van der Waals surface area contributed by atoms with Crippen molar-refractivity contribution in [3.63, 3.8) is 0 Å².